The Morgan fingerprint density at radius 3 is 2.75 bits per heavy atom. The Labute approximate surface area is 115 Å². The van der Waals surface area contributed by atoms with E-state index in [4.69, 9.17) is 5.26 Å². The van der Waals surface area contributed by atoms with Gasteiger partial charge < -0.3 is 4.57 Å². The zero-order chi connectivity index (χ0) is 14.3. The van der Waals surface area contributed by atoms with E-state index in [1.54, 1.807) is 24.1 Å². The van der Waals surface area contributed by atoms with Crippen molar-refractivity contribution in [3.05, 3.63) is 30.4 Å². The minimum Gasteiger partial charge on any atom is -0.324 e. The summed E-state index contributed by atoms with van der Waals surface area (Å²) in [4.78, 5) is 3.87. The number of imidazole rings is 1. The van der Waals surface area contributed by atoms with Crippen molar-refractivity contribution in [1.82, 2.24) is 23.6 Å². The summed E-state index contributed by atoms with van der Waals surface area (Å²) in [5.74, 6) is 0. The predicted molar refractivity (Wildman–Crippen MR) is 67.9 cm³/mol. The monoisotopic (exact) mass is 292 g/mol. The van der Waals surface area contributed by atoms with Crippen LogP contribution in [0.3, 0.4) is 0 Å². The van der Waals surface area contributed by atoms with Gasteiger partial charge in [0.2, 0.25) is 5.16 Å². The molecule has 0 bridgehead atoms. The van der Waals surface area contributed by atoms with Gasteiger partial charge in [-0.1, -0.05) is 0 Å². The molecule has 0 amide bonds. The van der Waals surface area contributed by atoms with Gasteiger partial charge >= 0.3 is 0 Å². The molecule has 3 heterocycles. The Bertz CT molecular complexity index is 778. The summed E-state index contributed by atoms with van der Waals surface area (Å²) < 4.78 is 29.0. The summed E-state index contributed by atoms with van der Waals surface area (Å²) in [6, 6.07) is 1.96. The van der Waals surface area contributed by atoms with E-state index in [9.17, 15) is 8.42 Å². The maximum absolute atomic E-state index is 12.3. The summed E-state index contributed by atoms with van der Waals surface area (Å²) in [6.45, 7) is 0.670. The minimum absolute atomic E-state index is 0.0351. The maximum Gasteiger partial charge on any atom is 0.277 e. The fourth-order valence-corrected chi connectivity index (χ4v) is 3.68. The number of nitriles is 1. The van der Waals surface area contributed by atoms with Crippen LogP contribution in [0.5, 0.6) is 0 Å². The highest BCUT2D eigenvalue weighted by Crippen LogP contribution is 2.27. The summed E-state index contributed by atoms with van der Waals surface area (Å²) in [5.41, 5.74) is 0.468. The van der Waals surface area contributed by atoms with Crippen molar-refractivity contribution in [2.75, 3.05) is 13.1 Å². The van der Waals surface area contributed by atoms with Crippen LogP contribution in [0.4, 0.5) is 0 Å². The Morgan fingerprint density at radius 2 is 2.20 bits per heavy atom. The van der Waals surface area contributed by atoms with E-state index in [1.165, 1.54) is 21.3 Å². The summed E-state index contributed by atoms with van der Waals surface area (Å²) in [7, 11) is -1.91. The molecule has 1 aliphatic rings. The molecule has 0 unspecified atom stereocenters. The normalized spacial score (nSPS) is 16.8. The molecule has 0 atom stereocenters. The molecule has 8 nitrogen and oxygen atoms in total. The van der Waals surface area contributed by atoms with Gasteiger partial charge in [0.15, 0.2) is 0 Å². The maximum atomic E-state index is 12.3. The van der Waals surface area contributed by atoms with Gasteiger partial charge in [0.25, 0.3) is 10.0 Å². The van der Waals surface area contributed by atoms with Gasteiger partial charge in [-0.05, 0) is 0 Å². The third kappa shape index (κ3) is 1.90. The van der Waals surface area contributed by atoms with Gasteiger partial charge in [-0.25, -0.2) is 13.4 Å². The van der Waals surface area contributed by atoms with Crippen LogP contribution in [0, 0.1) is 11.3 Å². The Balaban J connectivity index is 1.75. The van der Waals surface area contributed by atoms with Crippen LogP contribution in [-0.2, 0) is 17.1 Å². The smallest absolute Gasteiger partial charge is 0.277 e. The van der Waals surface area contributed by atoms with Crippen LogP contribution >= 0.6 is 0 Å². The number of aromatic nitrogens is 4. The second-order valence-electron chi connectivity index (χ2n) is 4.62. The molecule has 2 aromatic heterocycles. The number of sulfonamides is 1. The van der Waals surface area contributed by atoms with Crippen LogP contribution in [-0.4, -0.2) is 45.1 Å². The van der Waals surface area contributed by atoms with Gasteiger partial charge in [0, 0.05) is 38.7 Å². The predicted octanol–water partition coefficient (Wildman–Crippen LogP) is -0.266. The van der Waals surface area contributed by atoms with Crippen molar-refractivity contribution in [2.45, 2.75) is 11.2 Å². The lowest BCUT2D eigenvalue weighted by Gasteiger charge is -2.37. The van der Waals surface area contributed by atoms with E-state index in [0.29, 0.717) is 18.7 Å². The number of rotatable bonds is 3. The molecule has 2 aromatic rings. The summed E-state index contributed by atoms with van der Waals surface area (Å²) in [5, 5.41) is 12.8. The van der Waals surface area contributed by atoms with Gasteiger partial charge in [-0.15, -0.1) is 0 Å². The zero-order valence-corrected chi connectivity index (χ0v) is 11.5. The SMILES string of the molecule is Cn1ccnc1S(=O)(=O)N1CC(n2cc(C#N)cn2)C1. The summed E-state index contributed by atoms with van der Waals surface area (Å²) >= 11 is 0. The van der Waals surface area contributed by atoms with Crippen LogP contribution < -0.4 is 0 Å². The van der Waals surface area contributed by atoms with Crippen molar-refractivity contribution in [1.29, 1.82) is 5.26 Å². The third-order valence-corrected chi connectivity index (χ3v) is 5.11. The second kappa shape index (κ2) is 4.43. The highest BCUT2D eigenvalue weighted by molar-refractivity contribution is 7.89. The van der Waals surface area contributed by atoms with Gasteiger partial charge in [-0.3, -0.25) is 4.68 Å². The fraction of sp³-hybridized carbons (Fsp3) is 0.364. The highest BCUT2D eigenvalue weighted by atomic mass is 32.2. The number of aryl methyl sites for hydroxylation is 1. The molecule has 0 radical (unpaired) electrons. The van der Waals surface area contributed by atoms with E-state index in [0.717, 1.165) is 0 Å². The lowest BCUT2D eigenvalue weighted by molar-refractivity contribution is 0.190. The first-order valence-electron chi connectivity index (χ1n) is 5.94. The van der Waals surface area contributed by atoms with Crippen molar-refractivity contribution in [2.24, 2.45) is 7.05 Å². The van der Waals surface area contributed by atoms with Gasteiger partial charge in [0.05, 0.1) is 17.8 Å². The van der Waals surface area contributed by atoms with Crippen LogP contribution in [0.2, 0.25) is 0 Å². The molecule has 20 heavy (non-hydrogen) atoms. The molecule has 1 saturated heterocycles. The molecule has 1 aliphatic heterocycles. The summed E-state index contributed by atoms with van der Waals surface area (Å²) in [6.07, 6.45) is 6.14. The molecule has 3 rings (SSSR count). The minimum atomic E-state index is -3.55. The Kier molecular flexibility index (Phi) is 2.84. The topological polar surface area (TPSA) is 96.8 Å². The van der Waals surface area contributed by atoms with Crippen molar-refractivity contribution in [3.8, 4) is 6.07 Å². The first-order chi connectivity index (χ1) is 9.52. The molecule has 0 spiro atoms. The standard InChI is InChI=1S/C11H12N6O2S/c1-15-3-2-13-11(15)20(18,19)16-7-10(8-16)17-6-9(4-12)5-14-17/h2-3,5-6,10H,7-8H2,1H3. The molecular formula is C11H12N6O2S. The molecule has 1 fully saturated rings. The van der Waals surface area contributed by atoms with Crippen LogP contribution in [0.1, 0.15) is 11.6 Å². The van der Waals surface area contributed by atoms with E-state index >= 15 is 0 Å². The van der Waals surface area contributed by atoms with E-state index in [2.05, 4.69) is 10.1 Å². The zero-order valence-electron chi connectivity index (χ0n) is 10.7. The van der Waals surface area contributed by atoms with E-state index in [1.807, 2.05) is 6.07 Å². The van der Waals surface area contributed by atoms with Gasteiger partial charge in [0.1, 0.15) is 6.07 Å². The van der Waals surface area contributed by atoms with Crippen LogP contribution in [0.15, 0.2) is 29.9 Å². The average molecular weight is 292 g/mol. The highest BCUT2D eigenvalue weighted by Gasteiger charge is 2.39. The van der Waals surface area contributed by atoms with Crippen molar-refractivity contribution < 1.29 is 8.42 Å². The number of nitrogens with zero attached hydrogens (tertiary/aromatic N) is 6. The molecule has 0 saturated carbocycles. The molecule has 0 aliphatic carbocycles. The first kappa shape index (κ1) is 12.8. The second-order valence-corrected chi connectivity index (χ2v) is 6.45. The average Bonchev–Trinajstić information content (AvgIpc) is 2.95. The molecule has 9 heteroatoms. The number of hydrogen-bond donors (Lipinski definition) is 0. The molecular weight excluding hydrogens is 280 g/mol. The largest absolute Gasteiger partial charge is 0.324 e. The lowest BCUT2D eigenvalue weighted by Crippen LogP contribution is -2.51. The molecule has 0 aromatic carbocycles. The quantitative estimate of drug-likeness (QED) is 0.776. The number of hydrogen-bond acceptors (Lipinski definition) is 5. The fourth-order valence-electron chi connectivity index (χ4n) is 2.09. The Morgan fingerprint density at radius 1 is 1.45 bits per heavy atom. The third-order valence-electron chi connectivity index (χ3n) is 3.28. The van der Waals surface area contributed by atoms with Crippen molar-refractivity contribution >= 4 is 10.0 Å². The first-order valence-corrected chi connectivity index (χ1v) is 7.38. The molecule has 104 valence electrons. The lowest BCUT2D eigenvalue weighted by atomic mass is 10.2. The van der Waals surface area contributed by atoms with E-state index < -0.39 is 10.0 Å². The molecule has 0 N–H and O–H groups in total. The van der Waals surface area contributed by atoms with Crippen LogP contribution in [0.25, 0.3) is 0 Å². The van der Waals surface area contributed by atoms with E-state index in [-0.39, 0.29) is 11.2 Å². The van der Waals surface area contributed by atoms with Crippen molar-refractivity contribution in [3.63, 3.8) is 0 Å². The van der Waals surface area contributed by atoms with Gasteiger partial charge in [-0.2, -0.15) is 14.7 Å². The Hall–Kier alpha value is -2.18.